The molecular weight excluding hydrogens is 454 g/mol. The zero-order valence-electron chi connectivity index (χ0n) is 20.9. The van der Waals surface area contributed by atoms with Gasteiger partial charge in [0.1, 0.15) is 0 Å². The fourth-order valence-corrected chi connectivity index (χ4v) is 5.87. The molecule has 5 aromatic carbocycles. The van der Waals surface area contributed by atoms with E-state index in [1.807, 2.05) is 11.8 Å². The Kier molecular flexibility index (Phi) is 5.70. The second-order valence-corrected chi connectivity index (χ2v) is 11.4. The van der Waals surface area contributed by atoms with E-state index in [-0.39, 0.29) is 5.41 Å². The van der Waals surface area contributed by atoms with E-state index >= 15 is 0 Å². The molecule has 176 valence electrons. The standard InChI is InChI=1S/C34H29NS/c1-34(2,3)28-22-26(24-11-5-4-6-12-24)21-27(23-28)25-17-19-29(20-18-25)35-30-13-7-9-15-32(30)36-33-16-10-8-14-31(33)35/h4-23H,1-3H3. The van der Waals surface area contributed by atoms with Crippen LogP contribution in [0, 0.1) is 0 Å². The zero-order chi connectivity index (χ0) is 24.7. The summed E-state index contributed by atoms with van der Waals surface area (Å²) in [5.74, 6) is 0. The first kappa shape index (κ1) is 22.7. The molecule has 1 heterocycles. The molecule has 36 heavy (non-hydrogen) atoms. The van der Waals surface area contributed by atoms with Crippen molar-refractivity contribution < 1.29 is 0 Å². The number of hydrogen-bond acceptors (Lipinski definition) is 2. The van der Waals surface area contributed by atoms with Crippen molar-refractivity contribution >= 4 is 28.8 Å². The third-order valence-corrected chi connectivity index (χ3v) is 7.93. The van der Waals surface area contributed by atoms with Crippen LogP contribution in [-0.4, -0.2) is 0 Å². The minimum atomic E-state index is 0.0678. The van der Waals surface area contributed by atoms with E-state index in [0.717, 1.165) is 0 Å². The summed E-state index contributed by atoms with van der Waals surface area (Å²) in [7, 11) is 0. The average molecular weight is 484 g/mol. The quantitative estimate of drug-likeness (QED) is 0.246. The third kappa shape index (κ3) is 4.23. The summed E-state index contributed by atoms with van der Waals surface area (Å²) in [6.07, 6.45) is 0. The monoisotopic (exact) mass is 483 g/mol. The molecule has 0 unspecified atom stereocenters. The molecule has 0 amide bonds. The summed E-state index contributed by atoms with van der Waals surface area (Å²) in [6.45, 7) is 6.85. The fraction of sp³-hybridized carbons (Fsp3) is 0.118. The van der Waals surface area contributed by atoms with Crippen molar-refractivity contribution in [3.63, 3.8) is 0 Å². The van der Waals surface area contributed by atoms with Crippen LogP contribution in [0.15, 0.2) is 131 Å². The molecule has 5 aromatic rings. The Bertz CT molecular complexity index is 1480. The van der Waals surface area contributed by atoms with Crippen LogP contribution in [-0.2, 0) is 5.41 Å². The van der Waals surface area contributed by atoms with E-state index in [1.165, 1.54) is 54.7 Å². The van der Waals surface area contributed by atoms with Crippen LogP contribution in [0.5, 0.6) is 0 Å². The van der Waals surface area contributed by atoms with Crippen molar-refractivity contribution in [3.8, 4) is 22.3 Å². The minimum absolute atomic E-state index is 0.0678. The highest BCUT2D eigenvalue weighted by molar-refractivity contribution is 7.99. The van der Waals surface area contributed by atoms with Crippen molar-refractivity contribution in [2.24, 2.45) is 0 Å². The van der Waals surface area contributed by atoms with Gasteiger partial charge in [-0.1, -0.05) is 111 Å². The number of para-hydroxylation sites is 2. The molecule has 6 rings (SSSR count). The Morgan fingerprint density at radius 1 is 0.500 bits per heavy atom. The number of benzene rings is 5. The maximum Gasteiger partial charge on any atom is 0.0601 e. The molecule has 1 aliphatic heterocycles. The molecule has 0 aromatic heterocycles. The van der Waals surface area contributed by atoms with Gasteiger partial charge < -0.3 is 4.90 Å². The lowest BCUT2D eigenvalue weighted by atomic mass is 9.83. The van der Waals surface area contributed by atoms with Gasteiger partial charge >= 0.3 is 0 Å². The van der Waals surface area contributed by atoms with Crippen LogP contribution < -0.4 is 4.90 Å². The summed E-state index contributed by atoms with van der Waals surface area (Å²) >= 11 is 1.84. The number of rotatable bonds is 3. The largest absolute Gasteiger partial charge is 0.308 e. The first-order valence-corrected chi connectivity index (χ1v) is 13.3. The zero-order valence-corrected chi connectivity index (χ0v) is 21.7. The van der Waals surface area contributed by atoms with E-state index < -0.39 is 0 Å². The van der Waals surface area contributed by atoms with Gasteiger partial charge in [-0.05, 0) is 75.7 Å². The molecule has 0 bridgehead atoms. The minimum Gasteiger partial charge on any atom is -0.308 e. The molecule has 0 N–H and O–H groups in total. The Morgan fingerprint density at radius 2 is 1.00 bits per heavy atom. The van der Waals surface area contributed by atoms with Gasteiger partial charge in [-0.2, -0.15) is 0 Å². The topological polar surface area (TPSA) is 3.24 Å². The SMILES string of the molecule is CC(C)(C)c1cc(-c2ccccc2)cc(-c2ccc(N3c4ccccc4Sc4ccccc43)cc2)c1. The van der Waals surface area contributed by atoms with Crippen LogP contribution in [0.1, 0.15) is 26.3 Å². The molecule has 0 radical (unpaired) electrons. The Morgan fingerprint density at radius 3 is 1.56 bits per heavy atom. The second kappa shape index (κ2) is 9.04. The molecule has 0 fully saturated rings. The highest BCUT2D eigenvalue weighted by Crippen LogP contribution is 2.51. The molecular formula is C34H29NS. The van der Waals surface area contributed by atoms with Crippen LogP contribution in [0.4, 0.5) is 17.1 Å². The van der Waals surface area contributed by atoms with E-state index in [4.69, 9.17) is 0 Å². The smallest absolute Gasteiger partial charge is 0.0601 e. The molecule has 0 saturated heterocycles. The predicted octanol–water partition coefficient (Wildman–Crippen LogP) is 10.3. The van der Waals surface area contributed by atoms with Crippen LogP contribution in [0.2, 0.25) is 0 Å². The summed E-state index contributed by atoms with van der Waals surface area (Å²) in [4.78, 5) is 4.95. The lowest BCUT2D eigenvalue weighted by Crippen LogP contribution is -2.14. The summed E-state index contributed by atoms with van der Waals surface area (Å²) in [6, 6.07) is 44.1. The Hall–Kier alpha value is -3.75. The first-order valence-electron chi connectivity index (χ1n) is 12.4. The summed E-state index contributed by atoms with van der Waals surface area (Å²) in [5, 5.41) is 0. The van der Waals surface area contributed by atoms with Gasteiger partial charge in [0.25, 0.3) is 0 Å². The number of nitrogens with zero attached hydrogens (tertiary/aromatic N) is 1. The van der Waals surface area contributed by atoms with Crippen molar-refractivity contribution in [3.05, 3.63) is 127 Å². The first-order chi connectivity index (χ1) is 17.5. The van der Waals surface area contributed by atoms with Crippen LogP contribution >= 0.6 is 11.8 Å². The Labute approximate surface area is 218 Å². The van der Waals surface area contributed by atoms with Crippen molar-refractivity contribution in [1.29, 1.82) is 0 Å². The third-order valence-electron chi connectivity index (χ3n) is 6.80. The molecule has 2 heteroatoms. The lowest BCUT2D eigenvalue weighted by Gasteiger charge is -2.32. The maximum atomic E-state index is 2.38. The molecule has 1 aliphatic rings. The fourth-order valence-electron chi connectivity index (χ4n) is 4.81. The summed E-state index contributed by atoms with van der Waals surface area (Å²) in [5.41, 5.74) is 10.0. The van der Waals surface area contributed by atoms with Gasteiger partial charge in [0, 0.05) is 15.5 Å². The second-order valence-electron chi connectivity index (χ2n) is 10.3. The van der Waals surface area contributed by atoms with Crippen molar-refractivity contribution in [2.45, 2.75) is 36.0 Å². The number of anilines is 3. The van der Waals surface area contributed by atoms with Gasteiger partial charge in [-0.15, -0.1) is 0 Å². The van der Waals surface area contributed by atoms with Crippen LogP contribution in [0.3, 0.4) is 0 Å². The van der Waals surface area contributed by atoms with Gasteiger partial charge in [-0.25, -0.2) is 0 Å². The van der Waals surface area contributed by atoms with E-state index in [1.54, 1.807) is 0 Å². The highest BCUT2D eigenvalue weighted by atomic mass is 32.2. The molecule has 0 atom stereocenters. The van der Waals surface area contributed by atoms with Gasteiger partial charge in [-0.3, -0.25) is 0 Å². The molecule has 0 aliphatic carbocycles. The highest BCUT2D eigenvalue weighted by Gasteiger charge is 2.24. The lowest BCUT2D eigenvalue weighted by molar-refractivity contribution is 0.590. The summed E-state index contributed by atoms with van der Waals surface area (Å²) < 4.78 is 0. The average Bonchev–Trinajstić information content (AvgIpc) is 2.91. The predicted molar refractivity (Wildman–Crippen MR) is 155 cm³/mol. The Balaban J connectivity index is 1.43. The van der Waals surface area contributed by atoms with Gasteiger partial charge in [0.05, 0.1) is 11.4 Å². The molecule has 0 spiro atoms. The van der Waals surface area contributed by atoms with Crippen molar-refractivity contribution in [2.75, 3.05) is 4.90 Å². The van der Waals surface area contributed by atoms with E-state index in [0.29, 0.717) is 0 Å². The number of fused-ring (bicyclic) bond motifs is 2. The van der Waals surface area contributed by atoms with E-state index in [9.17, 15) is 0 Å². The van der Waals surface area contributed by atoms with Gasteiger partial charge in [0.15, 0.2) is 0 Å². The molecule has 0 saturated carbocycles. The number of hydrogen-bond donors (Lipinski definition) is 0. The normalized spacial score (nSPS) is 12.7. The van der Waals surface area contributed by atoms with E-state index in [2.05, 4.69) is 147 Å². The van der Waals surface area contributed by atoms with Crippen LogP contribution in [0.25, 0.3) is 22.3 Å². The maximum absolute atomic E-state index is 2.38. The van der Waals surface area contributed by atoms with Crippen molar-refractivity contribution in [1.82, 2.24) is 0 Å². The van der Waals surface area contributed by atoms with Gasteiger partial charge in [0.2, 0.25) is 0 Å². The molecule has 1 nitrogen and oxygen atoms in total.